The largest absolute Gasteiger partial charge is 0.369 e. The molecule has 1 aromatic rings. The third-order valence-corrected chi connectivity index (χ3v) is 4.51. The summed E-state index contributed by atoms with van der Waals surface area (Å²) >= 11 is 0. The van der Waals surface area contributed by atoms with Gasteiger partial charge in [-0.3, -0.25) is 4.79 Å². The van der Waals surface area contributed by atoms with Crippen molar-refractivity contribution in [2.24, 2.45) is 0 Å². The molecule has 1 atom stereocenters. The number of hydrogen-bond donors (Lipinski definition) is 1. The first-order valence-corrected chi connectivity index (χ1v) is 8.14. The van der Waals surface area contributed by atoms with Gasteiger partial charge in [0.1, 0.15) is 0 Å². The molecule has 114 valence electrons. The lowest BCUT2D eigenvalue weighted by Crippen LogP contribution is -2.52. The second kappa shape index (κ2) is 6.94. The van der Waals surface area contributed by atoms with Gasteiger partial charge in [-0.1, -0.05) is 18.2 Å². The van der Waals surface area contributed by atoms with Crippen LogP contribution in [0.4, 0.5) is 5.69 Å². The van der Waals surface area contributed by atoms with Gasteiger partial charge in [-0.2, -0.15) is 0 Å². The molecule has 21 heavy (non-hydrogen) atoms. The van der Waals surface area contributed by atoms with Gasteiger partial charge >= 0.3 is 0 Å². The van der Waals surface area contributed by atoms with Gasteiger partial charge in [0.15, 0.2) is 0 Å². The Bertz CT molecular complexity index is 456. The molecule has 1 unspecified atom stereocenters. The summed E-state index contributed by atoms with van der Waals surface area (Å²) in [4.78, 5) is 16.8. The van der Waals surface area contributed by atoms with E-state index in [4.69, 9.17) is 0 Å². The molecule has 0 bridgehead atoms. The van der Waals surface area contributed by atoms with Crippen LogP contribution < -0.4 is 10.2 Å². The smallest absolute Gasteiger partial charge is 0.224 e. The van der Waals surface area contributed by atoms with Crippen LogP contribution in [-0.2, 0) is 4.79 Å². The summed E-state index contributed by atoms with van der Waals surface area (Å²) in [6.07, 6.45) is 4.23. The molecule has 0 aliphatic carbocycles. The molecule has 3 rings (SSSR count). The molecular weight excluding hydrogens is 262 g/mol. The maximum atomic E-state index is 12.4. The summed E-state index contributed by atoms with van der Waals surface area (Å²) in [6, 6.07) is 10.8. The summed E-state index contributed by atoms with van der Waals surface area (Å²) < 4.78 is 0. The molecule has 4 heteroatoms. The number of carbonyl (C=O) groups is 1. The van der Waals surface area contributed by atoms with Crippen molar-refractivity contribution in [2.45, 2.75) is 31.7 Å². The molecule has 1 N–H and O–H groups in total. The number of para-hydroxylation sites is 1. The predicted octanol–water partition coefficient (Wildman–Crippen LogP) is 1.87. The Labute approximate surface area is 127 Å². The van der Waals surface area contributed by atoms with Crippen LogP contribution in [0.25, 0.3) is 0 Å². The molecule has 1 aromatic carbocycles. The number of piperidine rings is 1. The quantitative estimate of drug-likeness (QED) is 0.922. The number of hydrogen-bond acceptors (Lipinski definition) is 3. The lowest BCUT2D eigenvalue weighted by molar-refractivity contribution is -0.132. The fraction of sp³-hybridized carbons (Fsp3) is 0.588. The van der Waals surface area contributed by atoms with E-state index >= 15 is 0 Å². The molecule has 0 radical (unpaired) electrons. The topological polar surface area (TPSA) is 35.6 Å². The van der Waals surface area contributed by atoms with Gasteiger partial charge < -0.3 is 15.1 Å². The molecule has 0 aromatic heterocycles. The Morgan fingerprint density at radius 2 is 1.86 bits per heavy atom. The first kappa shape index (κ1) is 14.4. The lowest BCUT2D eigenvalue weighted by Gasteiger charge is -2.36. The van der Waals surface area contributed by atoms with Crippen molar-refractivity contribution in [1.29, 1.82) is 0 Å². The van der Waals surface area contributed by atoms with E-state index in [0.717, 1.165) is 32.7 Å². The fourth-order valence-electron chi connectivity index (χ4n) is 3.32. The summed E-state index contributed by atoms with van der Waals surface area (Å²) in [5.41, 5.74) is 1.26. The number of likely N-dealkylation sites (tertiary alicyclic amines) is 1. The van der Waals surface area contributed by atoms with Crippen LogP contribution in [0.2, 0.25) is 0 Å². The molecule has 2 aliphatic rings. The first-order chi connectivity index (χ1) is 10.3. The van der Waals surface area contributed by atoms with E-state index in [0.29, 0.717) is 12.3 Å². The fourth-order valence-corrected chi connectivity index (χ4v) is 3.32. The van der Waals surface area contributed by atoms with Gasteiger partial charge in [-0.15, -0.1) is 0 Å². The third-order valence-electron chi connectivity index (χ3n) is 4.51. The molecule has 0 saturated carbocycles. The van der Waals surface area contributed by atoms with Crippen molar-refractivity contribution in [3.63, 3.8) is 0 Å². The van der Waals surface area contributed by atoms with E-state index in [1.54, 1.807) is 0 Å². The number of anilines is 1. The Morgan fingerprint density at radius 3 is 2.62 bits per heavy atom. The normalized spacial score (nSPS) is 23.1. The van der Waals surface area contributed by atoms with Crippen LogP contribution in [0.5, 0.6) is 0 Å². The Hall–Kier alpha value is -1.55. The molecular formula is C17H25N3O. The lowest BCUT2D eigenvalue weighted by atomic mass is 10.1. The molecule has 2 saturated heterocycles. The minimum Gasteiger partial charge on any atom is -0.369 e. The molecule has 4 nitrogen and oxygen atoms in total. The van der Waals surface area contributed by atoms with Gasteiger partial charge in [0.05, 0.1) is 0 Å². The minimum absolute atomic E-state index is 0.272. The van der Waals surface area contributed by atoms with Crippen molar-refractivity contribution in [3.05, 3.63) is 30.3 Å². The summed E-state index contributed by atoms with van der Waals surface area (Å²) in [6.45, 7) is 4.79. The maximum Gasteiger partial charge on any atom is 0.224 e. The van der Waals surface area contributed by atoms with Gasteiger partial charge in [0.25, 0.3) is 0 Å². The third kappa shape index (κ3) is 3.76. The van der Waals surface area contributed by atoms with Crippen molar-refractivity contribution in [1.82, 2.24) is 10.2 Å². The number of carbonyl (C=O) groups excluding carboxylic acids is 1. The highest BCUT2D eigenvalue weighted by Crippen LogP contribution is 2.17. The zero-order valence-electron chi connectivity index (χ0n) is 12.6. The van der Waals surface area contributed by atoms with E-state index in [1.807, 2.05) is 11.0 Å². The number of piperazine rings is 1. The van der Waals surface area contributed by atoms with Gasteiger partial charge in [0.2, 0.25) is 5.91 Å². The van der Waals surface area contributed by atoms with E-state index in [2.05, 4.69) is 34.5 Å². The molecule has 2 heterocycles. The van der Waals surface area contributed by atoms with Crippen LogP contribution in [0, 0.1) is 0 Å². The van der Waals surface area contributed by atoms with Crippen LogP contribution in [0.1, 0.15) is 25.7 Å². The minimum atomic E-state index is 0.272. The molecule has 1 amide bonds. The van der Waals surface area contributed by atoms with Crippen molar-refractivity contribution >= 4 is 11.6 Å². The second-order valence-corrected chi connectivity index (χ2v) is 6.08. The van der Waals surface area contributed by atoms with Crippen LogP contribution in [0.15, 0.2) is 30.3 Å². The van der Waals surface area contributed by atoms with Crippen molar-refractivity contribution in [3.8, 4) is 0 Å². The number of nitrogens with zero attached hydrogens (tertiary/aromatic N) is 2. The first-order valence-electron chi connectivity index (χ1n) is 8.14. The zero-order chi connectivity index (χ0) is 14.5. The van der Waals surface area contributed by atoms with E-state index in [1.165, 1.54) is 24.9 Å². The second-order valence-electron chi connectivity index (χ2n) is 6.08. The monoisotopic (exact) mass is 287 g/mol. The number of nitrogens with one attached hydrogen (secondary N) is 1. The Balaban J connectivity index is 1.55. The number of amides is 1. The SMILES string of the molecule is O=C(CC1CN(c2ccccc2)CCN1)N1CCCCC1. The van der Waals surface area contributed by atoms with Crippen molar-refractivity contribution in [2.75, 3.05) is 37.6 Å². The average molecular weight is 287 g/mol. The summed E-state index contributed by atoms with van der Waals surface area (Å²) in [7, 11) is 0. The highest BCUT2D eigenvalue weighted by molar-refractivity contribution is 5.77. The van der Waals surface area contributed by atoms with Gasteiger partial charge in [-0.05, 0) is 31.4 Å². The van der Waals surface area contributed by atoms with Crippen LogP contribution in [0.3, 0.4) is 0 Å². The van der Waals surface area contributed by atoms with Crippen LogP contribution in [-0.4, -0.2) is 49.6 Å². The number of rotatable bonds is 3. The predicted molar refractivity (Wildman–Crippen MR) is 85.5 cm³/mol. The van der Waals surface area contributed by atoms with E-state index < -0.39 is 0 Å². The number of benzene rings is 1. The maximum absolute atomic E-state index is 12.4. The highest BCUT2D eigenvalue weighted by atomic mass is 16.2. The Kier molecular flexibility index (Phi) is 4.76. The van der Waals surface area contributed by atoms with Gasteiger partial charge in [-0.25, -0.2) is 0 Å². The highest BCUT2D eigenvalue weighted by Gasteiger charge is 2.24. The standard InChI is InChI=1S/C17H25N3O/c21-17(19-10-5-2-6-11-19)13-15-14-20(12-9-18-15)16-7-3-1-4-8-16/h1,3-4,7-8,15,18H,2,5-6,9-14H2. The summed E-state index contributed by atoms with van der Waals surface area (Å²) in [5.74, 6) is 0.321. The Morgan fingerprint density at radius 1 is 1.10 bits per heavy atom. The molecule has 0 spiro atoms. The average Bonchev–Trinajstić information content (AvgIpc) is 2.57. The van der Waals surface area contributed by atoms with Gasteiger partial charge in [0, 0.05) is 50.9 Å². The van der Waals surface area contributed by atoms with E-state index in [9.17, 15) is 4.79 Å². The molecule has 2 aliphatic heterocycles. The zero-order valence-corrected chi connectivity index (χ0v) is 12.6. The summed E-state index contributed by atoms with van der Waals surface area (Å²) in [5, 5.41) is 3.50. The van der Waals surface area contributed by atoms with Crippen molar-refractivity contribution < 1.29 is 4.79 Å². The molecule has 2 fully saturated rings. The van der Waals surface area contributed by atoms with Crippen LogP contribution >= 0.6 is 0 Å². The van der Waals surface area contributed by atoms with E-state index in [-0.39, 0.29) is 6.04 Å².